The van der Waals surface area contributed by atoms with Gasteiger partial charge in [0, 0.05) is 4.88 Å². The van der Waals surface area contributed by atoms with Crippen LogP contribution in [0.25, 0.3) is 0 Å². The molecule has 3 N–H and O–H groups in total. The summed E-state index contributed by atoms with van der Waals surface area (Å²) in [4.78, 5) is 1.24. The Kier molecular flexibility index (Phi) is 2.43. The lowest BCUT2D eigenvalue weighted by Gasteiger charge is -2.02. The van der Waals surface area contributed by atoms with Crippen molar-refractivity contribution in [1.82, 2.24) is 0 Å². The Morgan fingerprint density at radius 1 is 1.80 bits per heavy atom. The van der Waals surface area contributed by atoms with Crippen LogP contribution in [0.15, 0.2) is 11.4 Å². The maximum absolute atomic E-state index is 8.68. The lowest BCUT2D eigenvalue weighted by atomic mass is 10.2. The van der Waals surface area contributed by atoms with E-state index in [1.165, 1.54) is 4.88 Å². The number of thiophene rings is 1. The van der Waals surface area contributed by atoms with E-state index in [4.69, 9.17) is 10.8 Å². The summed E-state index contributed by atoms with van der Waals surface area (Å²) in [6.45, 7) is 2.05. The zero-order chi connectivity index (χ0) is 7.56. The van der Waals surface area contributed by atoms with Gasteiger partial charge in [0.25, 0.3) is 0 Å². The highest BCUT2D eigenvalue weighted by molar-refractivity contribution is 7.10. The van der Waals surface area contributed by atoms with Crippen molar-refractivity contribution in [3.8, 4) is 0 Å². The molecule has 1 atom stereocenters. The summed E-state index contributed by atoms with van der Waals surface area (Å²) in [7, 11) is 0. The minimum Gasteiger partial charge on any atom is -0.394 e. The molecule has 0 spiro atoms. The number of aryl methyl sites for hydroxylation is 1. The topological polar surface area (TPSA) is 46.2 Å². The van der Waals surface area contributed by atoms with Crippen LogP contribution in [0.2, 0.25) is 0 Å². The van der Waals surface area contributed by atoms with Crippen molar-refractivity contribution in [2.24, 2.45) is 5.73 Å². The highest BCUT2D eigenvalue weighted by atomic mass is 32.1. The van der Waals surface area contributed by atoms with E-state index in [0.29, 0.717) is 0 Å². The minimum atomic E-state index is -0.204. The van der Waals surface area contributed by atoms with E-state index in [1.54, 1.807) is 11.3 Å². The Morgan fingerprint density at radius 2 is 2.50 bits per heavy atom. The Morgan fingerprint density at radius 3 is 2.90 bits per heavy atom. The fraction of sp³-hybridized carbons (Fsp3) is 0.429. The molecule has 1 rings (SSSR count). The number of rotatable bonds is 2. The Bertz CT molecular complexity index is 209. The van der Waals surface area contributed by atoms with E-state index in [2.05, 4.69) is 0 Å². The quantitative estimate of drug-likeness (QED) is 0.674. The first kappa shape index (κ1) is 7.72. The van der Waals surface area contributed by atoms with Crippen LogP contribution in [-0.2, 0) is 0 Å². The molecular formula is C7H11NOS. The molecular weight excluding hydrogens is 146 g/mol. The summed E-state index contributed by atoms with van der Waals surface area (Å²) in [5, 5.41) is 10.7. The van der Waals surface area contributed by atoms with Gasteiger partial charge in [-0.15, -0.1) is 11.3 Å². The molecule has 1 aromatic heterocycles. The molecule has 0 aliphatic carbocycles. The van der Waals surface area contributed by atoms with E-state index >= 15 is 0 Å². The second-order valence-corrected chi connectivity index (χ2v) is 3.40. The average Bonchev–Trinajstić information content (AvgIpc) is 2.34. The number of aliphatic hydroxyl groups is 1. The van der Waals surface area contributed by atoms with Gasteiger partial charge >= 0.3 is 0 Å². The molecule has 0 fully saturated rings. The number of hydrogen-bond acceptors (Lipinski definition) is 3. The second kappa shape index (κ2) is 3.14. The Balaban J connectivity index is 2.74. The van der Waals surface area contributed by atoms with E-state index in [-0.39, 0.29) is 12.6 Å². The molecule has 0 aliphatic rings. The maximum atomic E-state index is 8.68. The van der Waals surface area contributed by atoms with Gasteiger partial charge in [-0.3, -0.25) is 0 Å². The standard InChI is InChI=1S/C7H11NOS/c1-5-2-6(4-10-5)7(8)3-9/h2,4,7,9H,3,8H2,1H3/t7-/m1/s1. The summed E-state index contributed by atoms with van der Waals surface area (Å²) >= 11 is 1.66. The number of aliphatic hydroxyl groups excluding tert-OH is 1. The molecule has 0 unspecified atom stereocenters. The van der Waals surface area contributed by atoms with Crippen molar-refractivity contribution in [1.29, 1.82) is 0 Å². The summed E-state index contributed by atoms with van der Waals surface area (Å²) < 4.78 is 0. The molecule has 0 aliphatic heterocycles. The average molecular weight is 157 g/mol. The SMILES string of the molecule is Cc1cc([C@H](N)CO)cs1. The summed E-state index contributed by atoms with van der Waals surface area (Å²) in [6.07, 6.45) is 0. The normalized spacial score (nSPS) is 13.5. The zero-order valence-electron chi connectivity index (χ0n) is 5.87. The third kappa shape index (κ3) is 1.56. The van der Waals surface area contributed by atoms with Gasteiger partial charge in [0.15, 0.2) is 0 Å². The molecule has 1 aromatic rings. The van der Waals surface area contributed by atoms with Crippen molar-refractivity contribution >= 4 is 11.3 Å². The molecule has 0 aromatic carbocycles. The van der Waals surface area contributed by atoms with Crippen LogP contribution in [-0.4, -0.2) is 11.7 Å². The molecule has 0 radical (unpaired) electrons. The monoisotopic (exact) mass is 157 g/mol. The highest BCUT2D eigenvalue weighted by Gasteiger charge is 2.04. The third-order valence-corrected chi connectivity index (χ3v) is 2.26. The van der Waals surface area contributed by atoms with Gasteiger partial charge in [-0.1, -0.05) is 0 Å². The summed E-state index contributed by atoms with van der Waals surface area (Å²) in [5.41, 5.74) is 6.60. The molecule has 1 heterocycles. The van der Waals surface area contributed by atoms with Gasteiger partial charge in [-0.05, 0) is 23.9 Å². The number of nitrogens with two attached hydrogens (primary N) is 1. The van der Waals surface area contributed by atoms with Gasteiger partial charge in [-0.2, -0.15) is 0 Å². The first-order valence-electron chi connectivity index (χ1n) is 3.15. The lowest BCUT2D eigenvalue weighted by Crippen LogP contribution is -2.13. The van der Waals surface area contributed by atoms with E-state index < -0.39 is 0 Å². The van der Waals surface area contributed by atoms with Crippen LogP contribution in [0.3, 0.4) is 0 Å². The third-order valence-electron chi connectivity index (χ3n) is 1.38. The first-order chi connectivity index (χ1) is 4.74. The fourth-order valence-electron chi connectivity index (χ4n) is 0.764. The van der Waals surface area contributed by atoms with Crippen LogP contribution in [0.1, 0.15) is 16.5 Å². The van der Waals surface area contributed by atoms with Crippen LogP contribution < -0.4 is 5.73 Å². The number of hydrogen-bond donors (Lipinski definition) is 2. The van der Waals surface area contributed by atoms with Crippen molar-refractivity contribution in [2.45, 2.75) is 13.0 Å². The van der Waals surface area contributed by atoms with Crippen LogP contribution in [0, 0.1) is 6.92 Å². The van der Waals surface area contributed by atoms with E-state index in [9.17, 15) is 0 Å². The van der Waals surface area contributed by atoms with Crippen molar-refractivity contribution in [3.05, 3.63) is 21.9 Å². The van der Waals surface area contributed by atoms with E-state index in [0.717, 1.165) is 5.56 Å². The van der Waals surface area contributed by atoms with Gasteiger partial charge in [0.2, 0.25) is 0 Å². The molecule has 56 valence electrons. The molecule has 10 heavy (non-hydrogen) atoms. The minimum absolute atomic E-state index is 0.0240. The van der Waals surface area contributed by atoms with Crippen LogP contribution in [0.4, 0.5) is 0 Å². The first-order valence-corrected chi connectivity index (χ1v) is 4.03. The maximum Gasteiger partial charge on any atom is 0.0624 e. The summed E-state index contributed by atoms with van der Waals surface area (Å²) in [6, 6.07) is 1.80. The highest BCUT2D eigenvalue weighted by Crippen LogP contribution is 2.17. The lowest BCUT2D eigenvalue weighted by molar-refractivity contribution is 0.268. The second-order valence-electron chi connectivity index (χ2n) is 2.28. The van der Waals surface area contributed by atoms with Gasteiger partial charge < -0.3 is 10.8 Å². The predicted octanol–water partition coefficient (Wildman–Crippen LogP) is 1.05. The Hall–Kier alpha value is -0.380. The van der Waals surface area contributed by atoms with Crippen LogP contribution >= 0.6 is 11.3 Å². The van der Waals surface area contributed by atoms with Gasteiger partial charge in [0.1, 0.15) is 0 Å². The molecule has 3 heteroatoms. The van der Waals surface area contributed by atoms with Crippen molar-refractivity contribution < 1.29 is 5.11 Å². The van der Waals surface area contributed by atoms with Crippen molar-refractivity contribution in [3.63, 3.8) is 0 Å². The molecule has 2 nitrogen and oxygen atoms in total. The zero-order valence-corrected chi connectivity index (χ0v) is 6.69. The Labute approximate surface area is 64.3 Å². The van der Waals surface area contributed by atoms with Crippen molar-refractivity contribution in [2.75, 3.05) is 6.61 Å². The predicted molar refractivity (Wildman–Crippen MR) is 43.1 cm³/mol. The molecule has 0 bridgehead atoms. The largest absolute Gasteiger partial charge is 0.394 e. The summed E-state index contributed by atoms with van der Waals surface area (Å²) in [5.74, 6) is 0. The van der Waals surface area contributed by atoms with E-state index in [1.807, 2.05) is 18.4 Å². The smallest absolute Gasteiger partial charge is 0.0624 e. The molecule has 0 saturated heterocycles. The van der Waals surface area contributed by atoms with Gasteiger partial charge in [0.05, 0.1) is 12.6 Å². The fourth-order valence-corrected chi connectivity index (χ4v) is 1.53. The molecule has 0 saturated carbocycles. The molecule has 0 amide bonds. The van der Waals surface area contributed by atoms with Gasteiger partial charge in [-0.25, -0.2) is 0 Å². The van der Waals surface area contributed by atoms with Crippen LogP contribution in [0.5, 0.6) is 0 Å².